The zero-order chi connectivity index (χ0) is 9.56. The van der Waals surface area contributed by atoms with Crippen molar-refractivity contribution >= 4 is 59.4 Å². The molecule has 0 rings (SSSR count). The molecule has 0 bridgehead atoms. The van der Waals surface area contributed by atoms with Crippen molar-refractivity contribution in [1.82, 2.24) is 0 Å². The van der Waals surface area contributed by atoms with Gasteiger partial charge in [0.15, 0.2) is 0 Å². The summed E-state index contributed by atoms with van der Waals surface area (Å²) in [6, 6.07) is 0. The molecule has 0 saturated heterocycles. The SMILES string of the molecule is [B]=C(/C=C\C(=BI)N=C)B(O)O. The van der Waals surface area contributed by atoms with Crippen LogP contribution in [0.2, 0.25) is 0 Å². The van der Waals surface area contributed by atoms with Gasteiger partial charge in [-0.05, 0) is 0 Å². The molecule has 0 aromatic rings. The van der Waals surface area contributed by atoms with Gasteiger partial charge in [0.05, 0.1) is 0 Å². The van der Waals surface area contributed by atoms with Crippen LogP contribution in [0.5, 0.6) is 0 Å². The Balaban J connectivity index is 4.24. The van der Waals surface area contributed by atoms with Crippen LogP contribution >= 0.6 is 22.4 Å². The third-order valence-electron chi connectivity index (χ3n) is 1.04. The fraction of sp³-hybridized carbons (Fsp3) is 0. The van der Waals surface area contributed by atoms with Gasteiger partial charge in [-0.2, -0.15) is 0 Å². The second-order valence-electron chi connectivity index (χ2n) is 1.90. The van der Waals surface area contributed by atoms with Gasteiger partial charge in [0.1, 0.15) is 0 Å². The molecule has 2 N–H and O–H groups in total. The molecule has 0 aliphatic heterocycles. The molecular weight excluding hydrogens is 265 g/mol. The quantitative estimate of drug-likeness (QED) is 0.383. The Morgan fingerprint density at radius 1 is 1.58 bits per heavy atom. The van der Waals surface area contributed by atoms with Crippen molar-refractivity contribution in [2.45, 2.75) is 0 Å². The van der Waals surface area contributed by atoms with E-state index < -0.39 is 7.12 Å². The van der Waals surface area contributed by atoms with E-state index in [9.17, 15) is 0 Å². The van der Waals surface area contributed by atoms with E-state index in [1.165, 1.54) is 12.2 Å². The Kier molecular flexibility index (Phi) is 6.50. The van der Waals surface area contributed by atoms with Gasteiger partial charge >= 0.3 is 86.6 Å². The Hall–Kier alpha value is -0.00519. The molecule has 0 saturated carbocycles. The van der Waals surface area contributed by atoms with Crippen molar-refractivity contribution in [3.63, 3.8) is 0 Å². The number of halogens is 1. The Morgan fingerprint density at radius 2 is 2.17 bits per heavy atom. The molecule has 0 aromatic carbocycles. The summed E-state index contributed by atoms with van der Waals surface area (Å²) in [4.78, 5) is 3.62. The minimum atomic E-state index is -1.62. The summed E-state index contributed by atoms with van der Waals surface area (Å²) in [6.07, 6.45) is 2.90. The average molecular weight is 271 g/mol. The zero-order valence-corrected chi connectivity index (χ0v) is 8.47. The second-order valence-corrected chi connectivity index (χ2v) is 2.52. The predicted molar refractivity (Wildman–Crippen MR) is 64.4 cm³/mol. The van der Waals surface area contributed by atoms with Crippen LogP contribution in [0.25, 0.3) is 0 Å². The molecule has 0 amide bonds. The summed E-state index contributed by atoms with van der Waals surface area (Å²) < 4.78 is 1.69. The molecule has 1 radical (unpaired) electrons. The first-order valence-corrected chi connectivity index (χ1v) is 4.30. The van der Waals surface area contributed by atoms with Crippen molar-refractivity contribution in [2.75, 3.05) is 0 Å². The van der Waals surface area contributed by atoms with Gasteiger partial charge in [-0.15, -0.1) is 0 Å². The van der Waals surface area contributed by atoms with Gasteiger partial charge in [-0.3, -0.25) is 0 Å². The fourth-order valence-electron chi connectivity index (χ4n) is 0.391. The van der Waals surface area contributed by atoms with Gasteiger partial charge in [0.25, 0.3) is 0 Å². The molecule has 3 nitrogen and oxygen atoms in total. The van der Waals surface area contributed by atoms with Gasteiger partial charge in [0.2, 0.25) is 0 Å². The van der Waals surface area contributed by atoms with Crippen LogP contribution in [0, 0.1) is 0 Å². The fourth-order valence-corrected chi connectivity index (χ4v) is 0.796. The van der Waals surface area contributed by atoms with Crippen LogP contribution in [-0.4, -0.2) is 47.1 Å². The number of hydrogen-bond acceptors (Lipinski definition) is 3. The number of allylic oxidation sites excluding steroid dienone is 1. The Labute approximate surface area is 86.6 Å². The molecular formula is C5H6B3INO2. The molecule has 0 spiro atoms. The molecule has 0 aromatic heterocycles. The molecule has 59 valence electrons. The van der Waals surface area contributed by atoms with E-state index in [2.05, 4.69) is 11.7 Å². The topological polar surface area (TPSA) is 52.8 Å². The number of aliphatic imine (C=N–C) groups is 1. The Morgan fingerprint density at radius 3 is 2.50 bits per heavy atom. The third kappa shape index (κ3) is 4.79. The molecule has 12 heavy (non-hydrogen) atoms. The van der Waals surface area contributed by atoms with Crippen LogP contribution in [0.3, 0.4) is 0 Å². The molecule has 0 heterocycles. The summed E-state index contributed by atoms with van der Waals surface area (Å²) in [6.45, 7) is 3.31. The maximum atomic E-state index is 8.55. The van der Waals surface area contributed by atoms with E-state index in [4.69, 9.17) is 17.5 Å². The molecule has 7 heteroatoms. The summed E-state index contributed by atoms with van der Waals surface area (Å²) in [5.74, 6) is 0. The van der Waals surface area contributed by atoms with E-state index in [0.29, 0.717) is 5.59 Å². The standard InChI is InChI=1S/C5H6B3INO2/c1-10-5(7-9)3-2-4(6)8(11)12/h2-3,11-12H,1H2/b3-2-. The van der Waals surface area contributed by atoms with E-state index in [0.717, 1.165) is 0 Å². The average Bonchev–Trinajstić information content (AvgIpc) is 2.05. The van der Waals surface area contributed by atoms with E-state index in [1.54, 1.807) is 4.78 Å². The molecule has 0 aliphatic carbocycles. The monoisotopic (exact) mass is 272 g/mol. The summed E-state index contributed by atoms with van der Waals surface area (Å²) in [7, 11) is 3.59. The molecule has 0 fully saturated rings. The van der Waals surface area contributed by atoms with Crippen LogP contribution in [-0.2, 0) is 0 Å². The van der Waals surface area contributed by atoms with Crippen LogP contribution in [0.4, 0.5) is 0 Å². The molecule has 0 unspecified atom stereocenters. The summed E-state index contributed by atoms with van der Waals surface area (Å²) in [5, 5.41) is 17.1. The van der Waals surface area contributed by atoms with Crippen molar-refractivity contribution in [3.05, 3.63) is 12.2 Å². The van der Waals surface area contributed by atoms with Gasteiger partial charge in [-0.25, -0.2) is 0 Å². The minimum absolute atomic E-state index is 0.0330. The third-order valence-corrected chi connectivity index (χ3v) is 1.68. The summed E-state index contributed by atoms with van der Waals surface area (Å²) >= 11 is 1.99. The van der Waals surface area contributed by atoms with Gasteiger partial charge in [-0.1, -0.05) is 0 Å². The van der Waals surface area contributed by atoms with Crippen LogP contribution < -0.4 is 0 Å². The molecule has 0 aliphatic rings. The van der Waals surface area contributed by atoms with Crippen molar-refractivity contribution < 1.29 is 10.0 Å². The van der Waals surface area contributed by atoms with Crippen molar-refractivity contribution in [2.24, 2.45) is 4.99 Å². The Bertz CT molecular complexity index is 239. The van der Waals surface area contributed by atoms with Crippen molar-refractivity contribution in [3.8, 4) is 0 Å². The zero-order valence-electron chi connectivity index (χ0n) is 6.31. The normalized spacial score (nSPS) is 11.0. The second kappa shape index (κ2) is 6.50. The van der Waals surface area contributed by atoms with Crippen molar-refractivity contribution in [1.29, 1.82) is 0 Å². The number of rotatable bonds is 4. The summed E-state index contributed by atoms with van der Waals surface area (Å²) in [5.41, 5.74) is 0.610. The van der Waals surface area contributed by atoms with E-state index in [-0.39, 0.29) is 5.36 Å². The van der Waals surface area contributed by atoms with E-state index >= 15 is 0 Å². The van der Waals surface area contributed by atoms with Gasteiger partial charge in [0, 0.05) is 0 Å². The maximum absolute atomic E-state index is 8.55. The number of nitrogens with zero attached hydrogens (tertiary/aromatic N) is 1. The van der Waals surface area contributed by atoms with Gasteiger partial charge < -0.3 is 0 Å². The van der Waals surface area contributed by atoms with Crippen LogP contribution in [0.15, 0.2) is 17.1 Å². The molecule has 0 atom stereocenters. The predicted octanol–water partition coefficient (Wildman–Crippen LogP) is -1.22. The first-order valence-electron chi connectivity index (χ1n) is 3.05. The van der Waals surface area contributed by atoms with E-state index in [1.807, 2.05) is 22.4 Å². The van der Waals surface area contributed by atoms with Crippen LogP contribution in [0.1, 0.15) is 0 Å². The number of hydrogen-bond donors (Lipinski definition) is 2. The first kappa shape index (κ1) is 12.0. The first-order chi connectivity index (χ1) is 5.61.